The van der Waals surface area contributed by atoms with Gasteiger partial charge in [0.25, 0.3) is 0 Å². The van der Waals surface area contributed by atoms with Crippen molar-refractivity contribution in [2.24, 2.45) is 0 Å². The molecule has 3 N–H and O–H groups in total. The van der Waals surface area contributed by atoms with E-state index in [0.717, 1.165) is 38.5 Å². The van der Waals surface area contributed by atoms with Crippen LogP contribution in [0.2, 0.25) is 0 Å². The Labute approximate surface area is 419 Å². The van der Waals surface area contributed by atoms with E-state index in [4.69, 9.17) is 4.74 Å². The quantitative estimate of drug-likeness (QED) is 0.0321. The van der Waals surface area contributed by atoms with Crippen molar-refractivity contribution in [2.75, 3.05) is 13.2 Å². The fourth-order valence-corrected chi connectivity index (χ4v) is 9.64. The summed E-state index contributed by atoms with van der Waals surface area (Å²) in [6.07, 6.45) is 68.0. The van der Waals surface area contributed by atoms with Gasteiger partial charge >= 0.3 is 5.97 Å². The number of hydrogen-bond donors (Lipinski definition) is 3. The Hall–Kier alpha value is -1.40. The molecule has 0 aromatic carbocycles. The number of unbranched alkanes of at least 4 members (excludes halogenated alkanes) is 44. The van der Waals surface area contributed by atoms with Gasteiger partial charge in [0.15, 0.2) is 0 Å². The summed E-state index contributed by atoms with van der Waals surface area (Å²) in [5, 5.41) is 23.1. The summed E-state index contributed by atoms with van der Waals surface area (Å²) in [6.45, 7) is 4.96. The van der Waals surface area contributed by atoms with Crippen LogP contribution in [-0.4, -0.2) is 47.4 Å². The number of ether oxygens (including phenoxy) is 1. The Morgan fingerprint density at radius 1 is 0.403 bits per heavy atom. The molecular formula is C61H119NO5. The molecule has 2 unspecified atom stereocenters. The summed E-state index contributed by atoms with van der Waals surface area (Å²) in [5.74, 6) is -0.0235. The number of rotatable bonds is 57. The monoisotopic (exact) mass is 946 g/mol. The number of carbonyl (C=O) groups is 2. The molecule has 0 saturated heterocycles. The minimum atomic E-state index is -0.664. The molecule has 0 aromatic heterocycles. The first-order valence-electron chi connectivity index (χ1n) is 30.4. The molecule has 1 amide bonds. The van der Waals surface area contributed by atoms with Crippen molar-refractivity contribution in [1.29, 1.82) is 0 Å². The largest absolute Gasteiger partial charge is 0.466 e. The Balaban J connectivity index is 3.36. The summed E-state index contributed by atoms with van der Waals surface area (Å²) >= 11 is 0. The van der Waals surface area contributed by atoms with Crippen LogP contribution >= 0.6 is 0 Å². The molecule has 398 valence electrons. The van der Waals surface area contributed by atoms with Gasteiger partial charge in [-0.15, -0.1) is 0 Å². The smallest absolute Gasteiger partial charge is 0.305 e. The van der Waals surface area contributed by atoms with E-state index in [1.165, 1.54) is 270 Å². The molecule has 0 heterocycles. The van der Waals surface area contributed by atoms with Crippen molar-refractivity contribution < 1.29 is 24.5 Å². The van der Waals surface area contributed by atoms with Crippen molar-refractivity contribution in [3.05, 3.63) is 12.2 Å². The van der Waals surface area contributed by atoms with Gasteiger partial charge in [0.2, 0.25) is 5.91 Å². The second-order valence-electron chi connectivity index (χ2n) is 21.0. The SMILES string of the molecule is CCCCCCCCCCCCCCCCCCC(=O)OCCCCCCCCCCCCCC/C=C\CCCCCCCCCCC(=O)NC(CO)C(O)CCCCCCCCCCCC. The number of allylic oxidation sites excluding steroid dienone is 2. The van der Waals surface area contributed by atoms with Crippen molar-refractivity contribution in [1.82, 2.24) is 5.32 Å². The molecule has 0 spiro atoms. The van der Waals surface area contributed by atoms with Gasteiger partial charge in [-0.25, -0.2) is 0 Å². The second kappa shape index (κ2) is 57.2. The lowest BCUT2D eigenvalue weighted by Crippen LogP contribution is -2.45. The van der Waals surface area contributed by atoms with Gasteiger partial charge in [-0.2, -0.15) is 0 Å². The Morgan fingerprint density at radius 3 is 1.06 bits per heavy atom. The van der Waals surface area contributed by atoms with E-state index in [2.05, 4.69) is 31.3 Å². The third-order valence-corrected chi connectivity index (χ3v) is 14.3. The van der Waals surface area contributed by atoms with Crippen LogP contribution in [0.25, 0.3) is 0 Å². The molecule has 0 fully saturated rings. The summed E-state index contributed by atoms with van der Waals surface area (Å²) in [6, 6.07) is -0.542. The molecule has 0 aromatic rings. The van der Waals surface area contributed by atoms with E-state index in [-0.39, 0.29) is 18.5 Å². The lowest BCUT2D eigenvalue weighted by Gasteiger charge is -2.22. The van der Waals surface area contributed by atoms with E-state index in [1.807, 2.05) is 0 Å². The zero-order chi connectivity index (χ0) is 48.6. The summed E-state index contributed by atoms with van der Waals surface area (Å²) in [4.78, 5) is 24.5. The third-order valence-electron chi connectivity index (χ3n) is 14.3. The van der Waals surface area contributed by atoms with Crippen LogP contribution < -0.4 is 5.32 Å². The highest BCUT2D eigenvalue weighted by Gasteiger charge is 2.20. The van der Waals surface area contributed by atoms with Crippen LogP contribution in [0.5, 0.6) is 0 Å². The van der Waals surface area contributed by atoms with Crippen LogP contribution in [0.15, 0.2) is 12.2 Å². The minimum absolute atomic E-state index is 0.0164. The standard InChI is InChI=1S/C61H119NO5/c1-3-5-7-9-11-13-15-16-17-29-32-35-39-43-47-51-55-61(66)67-56-52-48-44-40-36-33-30-27-25-23-21-19-18-20-22-24-26-28-31-34-38-42-46-50-54-60(65)62-58(57-63)59(64)53-49-45-41-37-14-12-10-8-6-4-2/h20,22,58-59,63-64H,3-19,21,23-57H2,1-2H3,(H,62,65)/b22-20-. The molecule has 0 bridgehead atoms. The molecule has 2 atom stereocenters. The van der Waals surface area contributed by atoms with Gasteiger partial charge in [-0.3, -0.25) is 9.59 Å². The molecule has 0 aliphatic carbocycles. The van der Waals surface area contributed by atoms with Crippen LogP contribution in [0.3, 0.4) is 0 Å². The van der Waals surface area contributed by atoms with Gasteiger partial charge in [-0.05, 0) is 51.4 Å². The topological polar surface area (TPSA) is 95.9 Å². The predicted molar refractivity (Wildman–Crippen MR) is 292 cm³/mol. The Bertz CT molecular complexity index is 1000. The van der Waals surface area contributed by atoms with E-state index in [1.54, 1.807) is 0 Å². The first kappa shape index (κ1) is 65.6. The highest BCUT2D eigenvalue weighted by atomic mass is 16.5. The number of amides is 1. The molecule has 0 rings (SSSR count). The van der Waals surface area contributed by atoms with E-state index < -0.39 is 12.1 Å². The van der Waals surface area contributed by atoms with Crippen LogP contribution in [0.4, 0.5) is 0 Å². The number of aliphatic hydroxyl groups excluding tert-OH is 2. The van der Waals surface area contributed by atoms with Gasteiger partial charge in [0.1, 0.15) is 0 Å². The van der Waals surface area contributed by atoms with Gasteiger partial charge in [-0.1, -0.05) is 289 Å². The Morgan fingerprint density at radius 2 is 0.701 bits per heavy atom. The number of carbonyl (C=O) groups excluding carboxylic acids is 2. The van der Waals surface area contributed by atoms with Crippen molar-refractivity contribution in [3.63, 3.8) is 0 Å². The zero-order valence-electron chi connectivity index (χ0n) is 45.4. The molecule has 0 radical (unpaired) electrons. The van der Waals surface area contributed by atoms with E-state index >= 15 is 0 Å². The molecule has 0 aliphatic rings. The fraction of sp³-hybridized carbons (Fsp3) is 0.934. The molecule has 0 aliphatic heterocycles. The average Bonchev–Trinajstić information content (AvgIpc) is 3.33. The first-order valence-corrected chi connectivity index (χ1v) is 30.4. The highest BCUT2D eigenvalue weighted by molar-refractivity contribution is 5.76. The first-order chi connectivity index (χ1) is 33.0. The van der Waals surface area contributed by atoms with Crippen molar-refractivity contribution in [2.45, 2.75) is 353 Å². The lowest BCUT2D eigenvalue weighted by atomic mass is 10.0. The van der Waals surface area contributed by atoms with Gasteiger partial charge < -0.3 is 20.3 Å². The van der Waals surface area contributed by atoms with Crippen molar-refractivity contribution >= 4 is 11.9 Å². The third kappa shape index (κ3) is 53.8. The lowest BCUT2D eigenvalue weighted by molar-refractivity contribution is -0.143. The number of nitrogens with one attached hydrogen (secondary N) is 1. The van der Waals surface area contributed by atoms with Crippen LogP contribution in [-0.2, 0) is 14.3 Å². The number of esters is 1. The predicted octanol–water partition coefficient (Wildman–Crippen LogP) is 18.9. The van der Waals surface area contributed by atoms with E-state index in [0.29, 0.717) is 25.9 Å². The van der Waals surface area contributed by atoms with Gasteiger partial charge in [0.05, 0.1) is 25.4 Å². The van der Waals surface area contributed by atoms with Crippen LogP contribution in [0.1, 0.15) is 341 Å². The maximum atomic E-state index is 12.4. The fourth-order valence-electron chi connectivity index (χ4n) is 9.64. The van der Waals surface area contributed by atoms with Gasteiger partial charge in [0, 0.05) is 12.8 Å². The molecule has 67 heavy (non-hydrogen) atoms. The molecular weight excluding hydrogens is 827 g/mol. The molecule has 6 nitrogen and oxygen atoms in total. The molecule has 6 heteroatoms. The number of aliphatic hydroxyl groups is 2. The zero-order valence-corrected chi connectivity index (χ0v) is 45.4. The summed E-state index contributed by atoms with van der Waals surface area (Å²) in [5.41, 5.74) is 0. The van der Waals surface area contributed by atoms with Crippen LogP contribution in [0, 0.1) is 0 Å². The normalized spacial score (nSPS) is 12.6. The van der Waals surface area contributed by atoms with E-state index in [9.17, 15) is 19.8 Å². The minimum Gasteiger partial charge on any atom is -0.466 e. The van der Waals surface area contributed by atoms with Crippen molar-refractivity contribution in [3.8, 4) is 0 Å². The number of hydrogen-bond acceptors (Lipinski definition) is 5. The summed E-state index contributed by atoms with van der Waals surface area (Å²) < 4.78 is 5.49. The second-order valence-corrected chi connectivity index (χ2v) is 21.0. The average molecular weight is 947 g/mol. The Kier molecular flexibility index (Phi) is 56.0. The summed E-state index contributed by atoms with van der Waals surface area (Å²) in [7, 11) is 0. The maximum absolute atomic E-state index is 12.4. The molecule has 0 saturated carbocycles. The maximum Gasteiger partial charge on any atom is 0.305 e. The highest BCUT2D eigenvalue weighted by Crippen LogP contribution is 2.18.